The maximum Gasteiger partial charge on any atom is 0.208 e. The number of hydrogen-bond acceptors (Lipinski definition) is 4. The topological polar surface area (TPSA) is 53.6 Å². The summed E-state index contributed by atoms with van der Waals surface area (Å²) < 4.78 is 0. The summed E-state index contributed by atoms with van der Waals surface area (Å²) in [6.07, 6.45) is 2.57. The first-order valence-electron chi connectivity index (χ1n) is 6.89. The van der Waals surface area contributed by atoms with Crippen molar-refractivity contribution in [2.75, 3.05) is 6.54 Å². The first kappa shape index (κ1) is 13.9. The summed E-state index contributed by atoms with van der Waals surface area (Å²) >= 11 is 1.83. The second kappa shape index (κ2) is 6.06. The Balaban J connectivity index is 2.06. The van der Waals surface area contributed by atoms with Gasteiger partial charge in [-0.15, -0.1) is 5.10 Å². The maximum atomic E-state index is 4.42. The van der Waals surface area contributed by atoms with Gasteiger partial charge < -0.3 is 5.32 Å². The van der Waals surface area contributed by atoms with Crippen LogP contribution in [0.4, 0.5) is 0 Å². The van der Waals surface area contributed by atoms with E-state index in [4.69, 9.17) is 0 Å². The molecule has 4 atom stereocenters. The molecule has 0 saturated heterocycles. The Hall–Kier alpha value is -0.550. The van der Waals surface area contributed by atoms with Crippen molar-refractivity contribution in [3.05, 3.63) is 5.82 Å². The van der Waals surface area contributed by atoms with Gasteiger partial charge in [0.25, 0.3) is 0 Å². The summed E-state index contributed by atoms with van der Waals surface area (Å²) in [4.78, 5) is 4.42. The second-order valence-electron chi connectivity index (χ2n) is 5.50. The fraction of sp³-hybridized carbons (Fsp3) is 0.846. The number of nitrogens with zero attached hydrogens (tertiary/aromatic N) is 2. The summed E-state index contributed by atoms with van der Waals surface area (Å²) in [5.74, 6) is 2.42. The van der Waals surface area contributed by atoms with Crippen molar-refractivity contribution in [3.63, 3.8) is 0 Å². The van der Waals surface area contributed by atoms with E-state index in [-0.39, 0.29) is 0 Å². The highest BCUT2D eigenvalue weighted by Crippen LogP contribution is 2.38. The van der Waals surface area contributed by atoms with Gasteiger partial charge >= 0.3 is 0 Å². The van der Waals surface area contributed by atoms with Crippen LogP contribution in [0.15, 0.2) is 5.16 Å². The number of rotatable bonds is 4. The van der Waals surface area contributed by atoms with Gasteiger partial charge in [-0.3, -0.25) is 5.10 Å². The molecule has 1 aromatic heterocycles. The zero-order valence-corrected chi connectivity index (χ0v) is 12.5. The summed E-state index contributed by atoms with van der Waals surface area (Å²) in [7, 11) is 0. The van der Waals surface area contributed by atoms with Crippen molar-refractivity contribution in [1.29, 1.82) is 0 Å². The average Bonchev–Trinajstić information content (AvgIpc) is 2.69. The summed E-state index contributed by atoms with van der Waals surface area (Å²) in [6, 6.07) is 0.581. The van der Waals surface area contributed by atoms with Gasteiger partial charge in [-0.05, 0) is 38.1 Å². The third kappa shape index (κ3) is 3.26. The standard InChI is InChI=1S/C13H24N4S/c1-5-14-11-7-8(2)6-9(3)12(11)18-13-15-10(4)16-17-13/h8-9,11-12,14H,5-7H2,1-4H3,(H,15,16,17). The minimum Gasteiger partial charge on any atom is -0.313 e. The molecule has 1 aliphatic rings. The van der Waals surface area contributed by atoms with Crippen LogP contribution in [0.2, 0.25) is 0 Å². The highest BCUT2D eigenvalue weighted by atomic mass is 32.2. The molecule has 0 aliphatic heterocycles. The highest BCUT2D eigenvalue weighted by Gasteiger charge is 2.34. The van der Waals surface area contributed by atoms with Crippen LogP contribution in [-0.2, 0) is 0 Å². The number of hydrogen-bond donors (Lipinski definition) is 2. The van der Waals surface area contributed by atoms with Gasteiger partial charge in [0.2, 0.25) is 5.16 Å². The van der Waals surface area contributed by atoms with E-state index in [9.17, 15) is 0 Å². The minimum atomic E-state index is 0.580. The Labute approximate surface area is 114 Å². The third-order valence-electron chi connectivity index (χ3n) is 3.67. The van der Waals surface area contributed by atoms with E-state index in [1.165, 1.54) is 12.8 Å². The van der Waals surface area contributed by atoms with E-state index in [0.717, 1.165) is 23.4 Å². The van der Waals surface area contributed by atoms with Crippen LogP contribution in [0.25, 0.3) is 0 Å². The second-order valence-corrected chi connectivity index (χ2v) is 6.65. The fourth-order valence-electron chi connectivity index (χ4n) is 2.99. The lowest BCUT2D eigenvalue weighted by Crippen LogP contribution is -2.46. The molecule has 0 radical (unpaired) electrons. The summed E-state index contributed by atoms with van der Waals surface area (Å²) in [5, 5.41) is 12.3. The number of thioether (sulfide) groups is 1. The molecule has 4 unspecified atom stereocenters. The zero-order valence-electron chi connectivity index (χ0n) is 11.7. The first-order valence-corrected chi connectivity index (χ1v) is 7.77. The van der Waals surface area contributed by atoms with Crippen LogP contribution in [-0.4, -0.2) is 33.0 Å². The van der Waals surface area contributed by atoms with Gasteiger partial charge in [-0.1, -0.05) is 32.5 Å². The monoisotopic (exact) mass is 268 g/mol. The molecule has 1 saturated carbocycles. The van der Waals surface area contributed by atoms with Crippen LogP contribution in [0.5, 0.6) is 0 Å². The lowest BCUT2D eigenvalue weighted by atomic mass is 9.80. The Morgan fingerprint density at radius 1 is 1.39 bits per heavy atom. The highest BCUT2D eigenvalue weighted by molar-refractivity contribution is 7.99. The Kier molecular flexibility index (Phi) is 4.67. The third-order valence-corrected chi connectivity index (χ3v) is 5.13. The Bertz CT molecular complexity index is 379. The van der Waals surface area contributed by atoms with E-state index in [1.54, 1.807) is 0 Å². The van der Waals surface area contributed by atoms with E-state index < -0.39 is 0 Å². The largest absolute Gasteiger partial charge is 0.313 e. The van der Waals surface area contributed by atoms with Gasteiger partial charge in [-0.25, -0.2) is 4.98 Å². The van der Waals surface area contributed by atoms with E-state index in [0.29, 0.717) is 17.2 Å². The predicted molar refractivity (Wildman–Crippen MR) is 75.8 cm³/mol. The molecule has 0 spiro atoms. The molecular formula is C13H24N4S. The van der Waals surface area contributed by atoms with Crippen LogP contribution < -0.4 is 5.32 Å². The van der Waals surface area contributed by atoms with Crippen molar-refractivity contribution in [2.24, 2.45) is 11.8 Å². The SMILES string of the molecule is CCNC1CC(C)CC(C)C1Sc1n[nH]c(C)n1. The molecule has 5 heteroatoms. The molecule has 1 fully saturated rings. The van der Waals surface area contributed by atoms with Gasteiger partial charge in [0, 0.05) is 11.3 Å². The molecule has 1 heterocycles. The van der Waals surface area contributed by atoms with Crippen molar-refractivity contribution in [1.82, 2.24) is 20.5 Å². The first-order chi connectivity index (χ1) is 8.60. The smallest absolute Gasteiger partial charge is 0.208 e. The fourth-order valence-corrected chi connectivity index (χ4v) is 4.23. The van der Waals surface area contributed by atoms with Crippen LogP contribution in [0.1, 0.15) is 39.4 Å². The van der Waals surface area contributed by atoms with Gasteiger partial charge in [0.15, 0.2) is 0 Å². The maximum absolute atomic E-state index is 4.42. The minimum absolute atomic E-state index is 0.580. The molecule has 2 N–H and O–H groups in total. The van der Waals surface area contributed by atoms with Crippen LogP contribution in [0, 0.1) is 18.8 Å². The summed E-state index contributed by atoms with van der Waals surface area (Å²) in [5.41, 5.74) is 0. The average molecular weight is 268 g/mol. The molecule has 4 nitrogen and oxygen atoms in total. The van der Waals surface area contributed by atoms with Crippen molar-refractivity contribution in [2.45, 2.75) is 57.0 Å². The summed E-state index contributed by atoms with van der Waals surface area (Å²) in [6.45, 7) is 9.89. The number of aromatic nitrogens is 3. The molecule has 18 heavy (non-hydrogen) atoms. The molecule has 0 amide bonds. The van der Waals surface area contributed by atoms with Gasteiger partial charge in [0.05, 0.1) is 0 Å². The molecular weight excluding hydrogens is 244 g/mol. The molecule has 0 aromatic carbocycles. The number of aromatic amines is 1. The molecule has 0 bridgehead atoms. The van der Waals surface area contributed by atoms with Crippen LogP contribution in [0.3, 0.4) is 0 Å². The van der Waals surface area contributed by atoms with E-state index in [2.05, 4.69) is 41.3 Å². The van der Waals surface area contributed by atoms with Gasteiger partial charge in [0.1, 0.15) is 5.82 Å². The molecule has 102 valence electrons. The van der Waals surface area contributed by atoms with Crippen molar-refractivity contribution >= 4 is 11.8 Å². The molecule has 2 rings (SSSR count). The lowest BCUT2D eigenvalue weighted by molar-refractivity contribution is 0.251. The quantitative estimate of drug-likeness (QED) is 0.881. The molecule has 1 aliphatic carbocycles. The van der Waals surface area contributed by atoms with E-state index >= 15 is 0 Å². The Morgan fingerprint density at radius 2 is 2.17 bits per heavy atom. The molecule has 1 aromatic rings. The zero-order chi connectivity index (χ0) is 13.1. The normalized spacial score (nSPS) is 32.7. The number of H-pyrrole nitrogens is 1. The van der Waals surface area contributed by atoms with Crippen molar-refractivity contribution in [3.8, 4) is 0 Å². The predicted octanol–water partition coefficient (Wildman–Crippen LogP) is 2.62. The van der Waals surface area contributed by atoms with E-state index in [1.807, 2.05) is 18.7 Å². The lowest BCUT2D eigenvalue weighted by Gasteiger charge is -2.39. The number of aryl methyl sites for hydroxylation is 1. The van der Waals surface area contributed by atoms with Crippen molar-refractivity contribution < 1.29 is 0 Å². The van der Waals surface area contributed by atoms with Crippen LogP contribution >= 0.6 is 11.8 Å². The van der Waals surface area contributed by atoms with Gasteiger partial charge in [-0.2, -0.15) is 0 Å². The number of nitrogens with one attached hydrogen (secondary N) is 2. The Morgan fingerprint density at radius 3 is 2.78 bits per heavy atom.